The lowest BCUT2D eigenvalue weighted by Crippen LogP contribution is -2.47. The van der Waals surface area contributed by atoms with E-state index in [1.807, 2.05) is 6.07 Å². The van der Waals surface area contributed by atoms with Gasteiger partial charge in [0, 0.05) is 11.6 Å². The number of aliphatic hydroxyl groups is 1. The van der Waals surface area contributed by atoms with Gasteiger partial charge in [0.25, 0.3) is 0 Å². The number of aliphatic hydroxyl groups excluding tert-OH is 1. The highest BCUT2D eigenvalue weighted by Gasteiger charge is 2.57. The largest absolute Gasteiger partial charge is 0.497 e. The predicted molar refractivity (Wildman–Crippen MR) is 94.7 cm³/mol. The van der Waals surface area contributed by atoms with Gasteiger partial charge >= 0.3 is 0 Å². The van der Waals surface area contributed by atoms with Crippen LogP contribution in [-0.4, -0.2) is 25.4 Å². The molecule has 2 saturated carbocycles. The highest BCUT2D eigenvalue weighted by atomic mass is 16.5. The van der Waals surface area contributed by atoms with Gasteiger partial charge in [-0.05, 0) is 72.8 Å². The molecule has 3 nitrogen and oxygen atoms in total. The third-order valence-electron chi connectivity index (χ3n) is 7.45. The summed E-state index contributed by atoms with van der Waals surface area (Å²) in [5.74, 6) is 4.34. The van der Waals surface area contributed by atoms with E-state index in [0.29, 0.717) is 23.7 Å². The molecule has 2 fully saturated rings. The second-order valence-corrected chi connectivity index (χ2v) is 8.52. The Labute approximate surface area is 145 Å². The maximum Gasteiger partial charge on any atom is 0.126 e. The number of fused-ring (bicyclic) bond motifs is 5. The molecule has 0 bridgehead atoms. The van der Waals surface area contributed by atoms with Gasteiger partial charge in [-0.25, -0.2) is 0 Å². The number of ether oxygens (including phenoxy) is 2. The molecule has 0 heterocycles. The first-order valence-electron chi connectivity index (χ1n) is 9.42. The number of hydrogen-bond acceptors (Lipinski definition) is 3. The topological polar surface area (TPSA) is 38.7 Å². The van der Waals surface area contributed by atoms with Crippen molar-refractivity contribution in [3.8, 4) is 11.5 Å². The monoisotopic (exact) mass is 330 g/mol. The van der Waals surface area contributed by atoms with Gasteiger partial charge in [0.1, 0.15) is 11.5 Å². The molecule has 24 heavy (non-hydrogen) atoms. The molecule has 1 aromatic carbocycles. The molecule has 0 aromatic heterocycles. The van der Waals surface area contributed by atoms with Crippen LogP contribution in [0.1, 0.15) is 56.6 Å². The van der Waals surface area contributed by atoms with E-state index in [-0.39, 0.29) is 11.5 Å². The van der Waals surface area contributed by atoms with Crippen molar-refractivity contribution < 1.29 is 14.6 Å². The van der Waals surface area contributed by atoms with Crippen LogP contribution in [0.5, 0.6) is 11.5 Å². The quantitative estimate of drug-likeness (QED) is 0.884. The fourth-order valence-corrected chi connectivity index (χ4v) is 6.46. The van der Waals surface area contributed by atoms with Gasteiger partial charge in [-0.3, -0.25) is 0 Å². The lowest BCUT2D eigenvalue weighted by Gasteiger charge is -2.53. The zero-order chi connectivity index (χ0) is 17.1. The number of benzene rings is 1. The summed E-state index contributed by atoms with van der Waals surface area (Å²) < 4.78 is 11.3. The van der Waals surface area contributed by atoms with Gasteiger partial charge in [0.05, 0.1) is 20.3 Å². The molecule has 0 amide bonds. The Hall–Kier alpha value is -1.22. The molecule has 3 aliphatic carbocycles. The highest BCUT2D eigenvalue weighted by Crippen LogP contribution is 2.63. The fraction of sp³-hybridized carbons (Fsp3) is 0.714. The third-order valence-corrected chi connectivity index (χ3v) is 7.45. The SMILES string of the molecule is COc1cc2c(c(OC)c1)[C@@H]1[C@H](CC2)[C@@H]2CC[C@H](O)[C@@]2(C)C[C@H]1C. The van der Waals surface area contributed by atoms with Crippen molar-refractivity contribution in [1.82, 2.24) is 0 Å². The summed E-state index contributed by atoms with van der Waals surface area (Å²) in [6.45, 7) is 4.71. The van der Waals surface area contributed by atoms with Gasteiger partial charge < -0.3 is 14.6 Å². The molecule has 0 radical (unpaired) electrons. The van der Waals surface area contributed by atoms with Crippen molar-refractivity contribution in [2.24, 2.45) is 23.2 Å². The average molecular weight is 330 g/mol. The van der Waals surface area contributed by atoms with Crippen molar-refractivity contribution >= 4 is 0 Å². The Balaban J connectivity index is 1.80. The number of aryl methyl sites for hydroxylation is 1. The van der Waals surface area contributed by atoms with E-state index in [2.05, 4.69) is 19.9 Å². The Bertz CT molecular complexity index is 623. The van der Waals surface area contributed by atoms with Gasteiger partial charge in [0.15, 0.2) is 0 Å². The van der Waals surface area contributed by atoms with Gasteiger partial charge in [-0.2, -0.15) is 0 Å². The van der Waals surface area contributed by atoms with Crippen molar-refractivity contribution in [3.63, 3.8) is 0 Å². The van der Waals surface area contributed by atoms with E-state index in [9.17, 15) is 5.11 Å². The first kappa shape index (κ1) is 16.3. The molecule has 0 spiro atoms. The number of hydrogen-bond donors (Lipinski definition) is 1. The lowest BCUT2D eigenvalue weighted by molar-refractivity contribution is -0.0445. The van der Waals surface area contributed by atoms with Gasteiger partial charge in [0.2, 0.25) is 0 Å². The zero-order valence-corrected chi connectivity index (χ0v) is 15.3. The van der Waals surface area contributed by atoms with E-state index >= 15 is 0 Å². The van der Waals surface area contributed by atoms with Crippen LogP contribution in [0, 0.1) is 23.2 Å². The summed E-state index contributed by atoms with van der Waals surface area (Å²) in [5, 5.41) is 10.6. The molecule has 0 aliphatic heterocycles. The smallest absolute Gasteiger partial charge is 0.126 e. The van der Waals surface area contributed by atoms with Crippen molar-refractivity contribution in [2.45, 2.75) is 58.0 Å². The maximum absolute atomic E-state index is 10.6. The molecular weight excluding hydrogens is 300 g/mol. The van der Waals surface area contributed by atoms with Gasteiger partial charge in [-0.1, -0.05) is 13.8 Å². The molecule has 4 rings (SSSR count). The van der Waals surface area contributed by atoms with Crippen LogP contribution in [0.2, 0.25) is 0 Å². The van der Waals surface area contributed by atoms with Gasteiger partial charge in [-0.15, -0.1) is 0 Å². The Morgan fingerprint density at radius 1 is 1.12 bits per heavy atom. The summed E-state index contributed by atoms with van der Waals surface area (Å²) in [7, 11) is 3.50. The Morgan fingerprint density at radius 2 is 1.92 bits per heavy atom. The van der Waals surface area contributed by atoms with E-state index < -0.39 is 0 Å². The maximum atomic E-state index is 10.6. The fourth-order valence-electron chi connectivity index (χ4n) is 6.46. The summed E-state index contributed by atoms with van der Waals surface area (Å²) in [6, 6.07) is 4.25. The number of methoxy groups -OCH3 is 2. The molecule has 6 atom stereocenters. The van der Waals surface area contributed by atoms with Crippen LogP contribution in [0.15, 0.2) is 12.1 Å². The molecule has 3 aliphatic rings. The first-order valence-corrected chi connectivity index (χ1v) is 9.42. The molecule has 1 N–H and O–H groups in total. The van der Waals surface area contributed by atoms with E-state index in [0.717, 1.165) is 30.8 Å². The van der Waals surface area contributed by atoms with Crippen LogP contribution < -0.4 is 9.47 Å². The second kappa shape index (κ2) is 5.66. The standard InChI is InChI=1S/C21H30O3/c1-12-11-21(2)16(7-8-18(21)22)15-6-5-13-9-14(23-3)10-17(24-4)20(13)19(12)15/h9-10,12,15-16,18-19,22H,5-8,11H2,1-4H3/t12-,15-,16+,18+,19+,21+/m1/s1. The Morgan fingerprint density at radius 3 is 2.62 bits per heavy atom. The van der Waals surface area contributed by atoms with Crippen LogP contribution >= 0.6 is 0 Å². The molecular formula is C21H30O3. The summed E-state index contributed by atoms with van der Waals surface area (Å²) in [4.78, 5) is 0. The van der Waals surface area contributed by atoms with E-state index in [1.54, 1.807) is 14.2 Å². The molecule has 0 saturated heterocycles. The predicted octanol–water partition coefficient (Wildman–Crippen LogP) is 4.17. The molecule has 3 heteroatoms. The molecule has 0 unspecified atom stereocenters. The second-order valence-electron chi connectivity index (χ2n) is 8.52. The van der Waals surface area contributed by atoms with Crippen LogP contribution in [-0.2, 0) is 6.42 Å². The van der Waals surface area contributed by atoms with Crippen LogP contribution in [0.4, 0.5) is 0 Å². The zero-order valence-electron chi connectivity index (χ0n) is 15.3. The minimum Gasteiger partial charge on any atom is -0.497 e. The molecule has 132 valence electrons. The number of rotatable bonds is 2. The first-order chi connectivity index (χ1) is 11.5. The third kappa shape index (κ3) is 2.13. The van der Waals surface area contributed by atoms with Crippen molar-refractivity contribution in [1.29, 1.82) is 0 Å². The van der Waals surface area contributed by atoms with Crippen molar-refractivity contribution in [3.05, 3.63) is 23.3 Å². The minimum atomic E-state index is -0.120. The van der Waals surface area contributed by atoms with Crippen molar-refractivity contribution in [2.75, 3.05) is 14.2 Å². The summed E-state index contributed by atoms with van der Waals surface area (Å²) in [6.07, 6.45) is 5.48. The van der Waals surface area contributed by atoms with E-state index in [4.69, 9.17) is 9.47 Å². The average Bonchev–Trinajstić information content (AvgIpc) is 2.88. The Kier molecular flexibility index (Phi) is 3.83. The van der Waals surface area contributed by atoms with E-state index in [1.165, 1.54) is 24.0 Å². The molecule has 1 aromatic rings. The summed E-state index contributed by atoms with van der Waals surface area (Å²) in [5.41, 5.74) is 2.93. The van der Waals surface area contributed by atoms with Crippen LogP contribution in [0.3, 0.4) is 0 Å². The van der Waals surface area contributed by atoms with Crippen LogP contribution in [0.25, 0.3) is 0 Å². The normalized spacial score (nSPS) is 40.5. The minimum absolute atomic E-state index is 0.109. The highest BCUT2D eigenvalue weighted by molar-refractivity contribution is 5.51. The summed E-state index contributed by atoms with van der Waals surface area (Å²) >= 11 is 0. The lowest BCUT2D eigenvalue weighted by atomic mass is 9.52.